The molecule has 2 aromatic rings. The maximum absolute atomic E-state index is 12.5. The second kappa shape index (κ2) is 6.43. The molecular formula is C16H20N2O2S. The van der Waals surface area contributed by atoms with Crippen molar-refractivity contribution in [3.8, 4) is 0 Å². The van der Waals surface area contributed by atoms with Gasteiger partial charge in [0, 0.05) is 30.5 Å². The van der Waals surface area contributed by atoms with E-state index in [1.807, 2.05) is 24.0 Å². The highest BCUT2D eigenvalue weighted by Crippen LogP contribution is 2.33. The Balaban J connectivity index is 1.67. The molecule has 4 nitrogen and oxygen atoms in total. The lowest BCUT2D eigenvalue weighted by Crippen LogP contribution is -2.38. The number of furan rings is 1. The monoisotopic (exact) mass is 304 g/mol. The van der Waals surface area contributed by atoms with Gasteiger partial charge >= 0.3 is 0 Å². The van der Waals surface area contributed by atoms with Crippen molar-refractivity contribution in [2.24, 2.45) is 0 Å². The Labute approximate surface area is 128 Å². The van der Waals surface area contributed by atoms with E-state index >= 15 is 0 Å². The second-order valence-corrected chi connectivity index (χ2v) is 6.39. The summed E-state index contributed by atoms with van der Waals surface area (Å²) in [5.41, 5.74) is 1.04. The molecule has 0 N–H and O–H groups in total. The van der Waals surface area contributed by atoms with E-state index in [9.17, 15) is 4.79 Å². The predicted octanol–water partition coefficient (Wildman–Crippen LogP) is 3.73. The summed E-state index contributed by atoms with van der Waals surface area (Å²) >= 11 is 1.67. The van der Waals surface area contributed by atoms with Crippen LogP contribution in [0.25, 0.3) is 0 Å². The van der Waals surface area contributed by atoms with Crippen LogP contribution in [-0.4, -0.2) is 22.3 Å². The third-order valence-electron chi connectivity index (χ3n) is 3.91. The average molecular weight is 304 g/mol. The maximum atomic E-state index is 12.5. The van der Waals surface area contributed by atoms with Crippen molar-refractivity contribution in [3.63, 3.8) is 0 Å². The van der Waals surface area contributed by atoms with Crippen molar-refractivity contribution in [2.75, 3.05) is 6.54 Å². The third kappa shape index (κ3) is 3.35. The van der Waals surface area contributed by atoms with Crippen LogP contribution in [0.15, 0.2) is 28.2 Å². The summed E-state index contributed by atoms with van der Waals surface area (Å²) in [6, 6.07) is 3.95. The Morgan fingerprint density at radius 1 is 1.52 bits per heavy atom. The van der Waals surface area contributed by atoms with Gasteiger partial charge in [0.1, 0.15) is 10.8 Å². The highest BCUT2D eigenvalue weighted by atomic mass is 32.1. The number of carbonyl (C=O) groups excluding carboxylic acids is 1. The minimum atomic E-state index is 0.168. The number of hydrogen-bond donors (Lipinski definition) is 0. The Hall–Kier alpha value is -1.62. The molecule has 112 valence electrons. The summed E-state index contributed by atoms with van der Waals surface area (Å²) in [4.78, 5) is 19.1. The van der Waals surface area contributed by atoms with E-state index in [-0.39, 0.29) is 11.9 Å². The first-order valence-corrected chi connectivity index (χ1v) is 8.36. The Bertz CT molecular complexity index is 591. The van der Waals surface area contributed by atoms with Crippen molar-refractivity contribution < 1.29 is 9.21 Å². The molecular weight excluding hydrogens is 284 g/mol. The van der Waals surface area contributed by atoms with Gasteiger partial charge in [-0.05, 0) is 38.3 Å². The summed E-state index contributed by atoms with van der Waals surface area (Å²) < 4.78 is 5.31. The van der Waals surface area contributed by atoms with Gasteiger partial charge in [-0.1, -0.05) is 0 Å². The fourth-order valence-corrected chi connectivity index (χ4v) is 3.78. The van der Waals surface area contributed by atoms with Crippen LogP contribution in [0, 0.1) is 6.92 Å². The zero-order valence-corrected chi connectivity index (χ0v) is 13.1. The quantitative estimate of drug-likeness (QED) is 0.864. The molecule has 1 aliphatic rings. The van der Waals surface area contributed by atoms with Gasteiger partial charge in [0.15, 0.2) is 0 Å². The van der Waals surface area contributed by atoms with Crippen LogP contribution in [0.2, 0.25) is 0 Å². The van der Waals surface area contributed by atoms with Gasteiger partial charge in [-0.3, -0.25) is 4.79 Å². The van der Waals surface area contributed by atoms with Crippen LogP contribution in [0.1, 0.15) is 48.2 Å². The topological polar surface area (TPSA) is 46.3 Å². The second-order valence-electron chi connectivity index (χ2n) is 5.51. The molecule has 1 aliphatic heterocycles. The number of aromatic nitrogens is 1. The number of aryl methyl sites for hydroxylation is 2. The van der Waals surface area contributed by atoms with Gasteiger partial charge in [-0.15, -0.1) is 11.3 Å². The molecule has 0 radical (unpaired) electrons. The maximum Gasteiger partial charge on any atom is 0.223 e. The Kier molecular flexibility index (Phi) is 4.39. The number of nitrogens with zero attached hydrogens (tertiary/aromatic N) is 2. The van der Waals surface area contributed by atoms with E-state index < -0.39 is 0 Å². The molecule has 1 amide bonds. The van der Waals surface area contributed by atoms with Crippen LogP contribution >= 0.6 is 11.3 Å². The third-order valence-corrected chi connectivity index (χ3v) is 4.97. The molecule has 0 aromatic carbocycles. The number of thiazole rings is 1. The van der Waals surface area contributed by atoms with Crippen LogP contribution in [0.4, 0.5) is 0 Å². The smallest absolute Gasteiger partial charge is 0.223 e. The van der Waals surface area contributed by atoms with Crippen molar-refractivity contribution in [1.82, 2.24) is 9.88 Å². The zero-order valence-electron chi connectivity index (χ0n) is 12.2. The Morgan fingerprint density at radius 3 is 3.14 bits per heavy atom. The summed E-state index contributed by atoms with van der Waals surface area (Å²) in [7, 11) is 0. The molecule has 0 saturated carbocycles. The first kappa shape index (κ1) is 14.3. The highest BCUT2D eigenvalue weighted by Gasteiger charge is 2.29. The van der Waals surface area contributed by atoms with Crippen LogP contribution in [0.5, 0.6) is 0 Å². The van der Waals surface area contributed by atoms with E-state index in [0.29, 0.717) is 12.8 Å². The average Bonchev–Trinajstić information content (AvgIpc) is 3.16. The number of carbonyl (C=O) groups is 1. The van der Waals surface area contributed by atoms with Gasteiger partial charge in [-0.25, -0.2) is 4.98 Å². The van der Waals surface area contributed by atoms with E-state index in [4.69, 9.17) is 4.42 Å². The summed E-state index contributed by atoms with van der Waals surface area (Å²) in [6.45, 7) is 2.85. The number of piperidine rings is 1. The summed E-state index contributed by atoms with van der Waals surface area (Å²) in [6.07, 6.45) is 6.13. The molecule has 1 atom stereocenters. The molecule has 3 rings (SSSR count). The van der Waals surface area contributed by atoms with E-state index in [0.717, 1.165) is 35.8 Å². The van der Waals surface area contributed by atoms with E-state index in [1.165, 1.54) is 6.42 Å². The standard InChI is InChI=1S/C16H20N2O2S/c1-12-11-21-16(17-12)14-6-2-3-9-18(14)15(19)8-7-13-5-4-10-20-13/h4-5,10-11,14H,2-3,6-9H2,1H3/t14-/m1/s1. The summed E-state index contributed by atoms with van der Waals surface area (Å²) in [5, 5.41) is 3.15. The lowest BCUT2D eigenvalue weighted by atomic mass is 10.0. The largest absolute Gasteiger partial charge is 0.469 e. The summed E-state index contributed by atoms with van der Waals surface area (Å²) in [5.74, 6) is 1.09. The fraction of sp³-hybridized carbons (Fsp3) is 0.500. The van der Waals surface area contributed by atoms with E-state index in [1.54, 1.807) is 17.6 Å². The molecule has 0 aliphatic carbocycles. The molecule has 3 heterocycles. The number of rotatable bonds is 4. The lowest BCUT2D eigenvalue weighted by Gasteiger charge is -2.34. The molecule has 5 heteroatoms. The van der Waals surface area contributed by atoms with Crippen LogP contribution < -0.4 is 0 Å². The number of likely N-dealkylation sites (tertiary alicyclic amines) is 1. The number of amides is 1. The van der Waals surface area contributed by atoms with Crippen LogP contribution in [0.3, 0.4) is 0 Å². The molecule has 1 saturated heterocycles. The number of hydrogen-bond acceptors (Lipinski definition) is 4. The van der Waals surface area contributed by atoms with Gasteiger partial charge in [-0.2, -0.15) is 0 Å². The van der Waals surface area contributed by atoms with Crippen molar-refractivity contribution in [1.29, 1.82) is 0 Å². The lowest BCUT2D eigenvalue weighted by molar-refractivity contribution is -0.135. The Morgan fingerprint density at radius 2 is 2.43 bits per heavy atom. The molecule has 21 heavy (non-hydrogen) atoms. The molecule has 2 aromatic heterocycles. The molecule has 0 unspecified atom stereocenters. The fourth-order valence-electron chi connectivity index (χ4n) is 2.84. The molecule has 0 spiro atoms. The van der Waals surface area contributed by atoms with Gasteiger partial charge < -0.3 is 9.32 Å². The van der Waals surface area contributed by atoms with Crippen molar-refractivity contribution >= 4 is 17.2 Å². The highest BCUT2D eigenvalue weighted by molar-refractivity contribution is 7.09. The minimum absolute atomic E-state index is 0.168. The normalized spacial score (nSPS) is 18.9. The van der Waals surface area contributed by atoms with Gasteiger partial charge in [0.05, 0.1) is 12.3 Å². The van der Waals surface area contributed by atoms with Crippen molar-refractivity contribution in [3.05, 3.63) is 40.2 Å². The molecule has 1 fully saturated rings. The van der Waals surface area contributed by atoms with E-state index in [2.05, 4.69) is 10.4 Å². The zero-order chi connectivity index (χ0) is 14.7. The van der Waals surface area contributed by atoms with Crippen molar-refractivity contribution in [2.45, 2.75) is 45.1 Å². The first-order chi connectivity index (χ1) is 10.2. The van der Waals surface area contributed by atoms with Crippen LogP contribution in [-0.2, 0) is 11.2 Å². The van der Waals surface area contributed by atoms with Gasteiger partial charge in [0.2, 0.25) is 5.91 Å². The SMILES string of the molecule is Cc1csc([C@H]2CCCCN2C(=O)CCc2ccco2)n1. The van der Waals surface area contributed by atoms with Gasteiger partial charge in [0.25, 0.3) is 0 Å². The predicted molar refractivity (Wildman–Crippen MR) is 82.2 cm³/mol. The minimum Gasteiger partial charge on any atom is -0.469 e. The molecule has 0 bridgehead atoms. The first-order valence-electron chi connectivity index (χ1n) is 7.48.